The maximum atomic E-state index is 13.2. The van der Waals surface area contributed by atoms with Gasteiger partial charge in [0.25, 0.3) is 0 Å². The van der Waals surface area contributed by atoms with Crippen LogP contribution >= 0.6 is 0 Å². The molecule has 1 saturated heterocycles. The summed E-state index contributed by atoms with van der Waals surface area (Å²) in [5.41, 5.74) is 2.80. The average Bonchev–Trinajstić information content (AvgIpc) is 2.74. The summed E-state index contributed by atoms with van der Waals surface area (Å²) in [4.78, 5) is 5.18. The van der Waals surface area contributed by atoms with Crippen molar-refractivity contribution in [3.05, 3.63) is 65.2 Å². The Labute approximate surface area is 179 Å². The third-order valence-corrected chi connectivity index (χ3v) is 8.18. The average molecular weight is 427 g/mol. The van der Waals surface area contributed by atoms with E-state index in [0.29, 0.717) is 37.4 Å². The van der Waals surface area contributed by atoms with Gasteiger partial charge in [0, 0.05) is 26.2 Å². The summed E-state index contributed by atoms with van der Waals surface area (Å²) in [7, 11) is -3.49. The van der Waals surface area contributed by atoms with Crippen molar-refractivity contribution in [1.29, 1.82) is 0 Å². The molecule has 2 aromatic rings. The van der Waals surface area contributed by atoms with E-state index >= 15 is 0 Å². The molecule has 2 aromatic carbocycles. The first kappa shape index (κ1) is 21.0. The first-order valence-corrected chi connectivity index (χ1v) is 12.0. The Morgan fingerprint density at radius 2 is 1.83 bits per heavy atom. The molecule has 0 aromatic heterocycles. The number of hydrogen-bond acceptors (Lipinski definition) is 5. The number of aryl methyl sites for hydroxylation is 2. The number of aliphatic imine (C=N–C) groups is 1. The largest absolute Gasteiger partial charge is 0.368 e. The van der Waals surface area contributed by atoms with Crippen molar-refractivity contribution in [3.63, 3.8) is 0 Å². The summed E-state index contributed by atoms with van der Waals surface area (Å²) < 4.78 is 28.1. The van der Waals surface area contributed by atoms with E-state index in [1.807, 2.05) is 44.2 Å². The van der Waals surface area contributed by atoms with Gasteiger partial charge in [0.05, 0.1) is 17.0 Å². The van der Waals surface area contributed by atoms with E-state index in [1.54, 1.807) is 10.4 Å². The van der Waals surface area contributed by atoms with Gasteiger partial charge in [-0.15, -0.1) is 0 Å². The van der Waals surface area contributed by atoms with Crippen molar-refractivity contribution in [2.45, 2.75) is 43.7 Å². The number of hydrogen-bond donors (Lipinski definition) is 2. The number of piperidine rings is 1. The molecule has 1 fully saturated rings. The SMILES string of the molecule is Cc1ccc(S(=O)(=O)N2CCC3(CC2)NCCN=C3NCc2ccccc2)c(C)c1. The minimum Gasteiger partial charge on any atom is -0.368 e. The molecule has 30 heavy (non-hydrogen) atoms. The Bertz CT molecular complexity index is 1030. The zero-order chi connectivity index (χ0) is 21.2. The number of amidine groups is 1. The molecule has 2 N–H and O–H groups in total. The Kier molecular flexibility index (Phi) is 5.95. The van der Waals surface area contributed by atoms with Gasteiger partial charge >= 0.3 is 0 Å². The molecule has 7 heteroatoms. The summed E-state index contributed by atoms with van der Waals surface area (Å²) in [5, 5.41) is 7.16. The second-order valence-electron chi connectivity index (χ2n) is 8.25. The van der Waals surface area contributed by atoms with Gasteiger partial charge in [-0.1, -0.05) is 48.0 Å². The molecule has 0 amide bonds. The first-order valence-electron chi connectivity index (χ1n) is 10.6. The quantitative estimate of drug-likeness (QED) is 0.788. The summed E-state index contributed by atoms with van der Waals surface area (Å²) >= 11 is 0. The highest BCUT2D eigenvalue weighted by Crippen LogP contribution is 2.30. The zero-order valence-corrected chi connectivity index (χ0v) is 18.5. The number of benzene rings is 2. The van der Waals surface area contributed by atoms with Gasteiger partial charge in [-0.05, 0) is 43.9 Å². The molecule has 0 bridgehead atoms. The van der Waals surface area contributed by atoms with Gasteiger partial charge in [0.15, 0.2) is 0 Å². The van der Waals surface area contributed by atoms with Crippen molar-refractivity contribution in [1.82, 2.24) is 14.9 Å². The first-order chi connectivity index (χ1) is 14.4. The second-order valence-corrected chi connectivity index (χ2v) is 10.2. The molecule has 1 spiro atoms. The second kappa shape index (κ2) is 8.49. The van der Waals surface area contributed by atoms with Gasteiger partial charge in [0.2, 0.25) is 10.0 Å². The molecule has 2 aliphatic rings. The number of nitrogens with one attached hydrogen (secondary N) is 2. The molecule has 0 unspecified atom stereocenters. The monoisotopic (exact) mass is 426 g/mol. The Hall–Kier alpha value is -2.22. The van der Waals surface area contributed by atoms with Crippen LogP contribution in [0, 0.1) is 13.8 Å². The highest BCUT2D eigenvalue weighted by atomic mass is 32.2. The van der Waals surface area contributed by atoms with Gasteiger partial charge in [0.1, 0.15) is 5.84 Å². The van der Waals surface area contributed by atoms with Crippen LogP contribution in [-0.2, 0) is 16.6 Å². The normalized spacial score (nSPS) is 19.5. The molecule has 0 saturated carbocycles. The van der Waals surface area contributed by atoms with Crippen molar-refractivity contribution < 1.29 is 8.42 Å². The lowest BCUT2D eigenvalue weighted by Crippen LogP contribution is -2.64. The lowest BCUT2D eigenvalue weighted by molar-refractivity contribution is 0.241. The molecule has 2 aliphatic heterocycles. The van der Waals surface area contributed by atoms with E-state index in [0.717, 1.165) is 30.1 Å². The molecule has 160 valence electrons. The minimum atomic E-state index is -3.49. The van der Waals surface area contributed by atoms with E-state index in [-0.39, 0.29) is 5.54 Å². The van der Waals surface area contributed by atoms with Crippen LogP contribution in [0.1, 0.15) is 29.5 Å². The van der Waals surface area contributed by atoms with Crippen LogP contribution in [0.15, 0.2) is 58.4 Å². The Morgan fingerprint density at radius 1 is 1.10 bits per heavy atom. The van der Waals surface area contributed by atoms with Crippen LogP contribution in [-0.4, -0.2) is 50.3 Å². The van der Waals surface area contributed by atoms with E-state index in [9.17, 15) is 8.42 Å². The molecule has 0 atom stereocenters. The lowest BCUT2D eigenvalue weighted by atomic mass is 9.85. The van der Waals surface area contributed by atoms with Crippen LogP contribution in [0.5, 0.6) is 0 Å². The molecule has 4 rings (SSSR count). The maximum absolute atomic E-state index is 13.2. The molecular formula is C23H30N4O2S. The maximum Gasteiger partial charge on any atom is 0.243 e. The van der Waals surface area contributed by atoms with Gasteiger partial charge < -0.3 is 10.6 Å². The number of sulfonamides is 1. The fraction of sp³-hybridized carbons (Fsp3) is 0.435. The number of rotatable bonds is 4. The molecular weight excluding hydrogens is 396 g/mol. The highest BCUT2D eigenvalue weighted by molar-refractivity contribution is 7.89. The van der Waals surface area contributed by atoms with E-state index in [1.165, 1.54) is 5.56 Å². The summed E-state index contributed by atoms with van der Waals surface area (Å²) in [6.07, 6.45) is 1.41. The summed E-state index contributed by atoms with van der Waals surface area (Å²) in [6, 6.07) is 15.8. The van der Waals surface area contributed by atoms with E-state index < -0.39 is 10.0 Å². The van der Waals surface area contributed by atoms with Crippen LogP contribution < -0.4 is 10.6 Å². The Morgan fingerprint density at radius 3 is 2.53 bits per heavy atom. The van der Waals surface area contributed by atoms with Crippen molar-refractivity contribution in [2.24, 2.45) is 4.99 Å². The molecule has 0 aliphatic carbocycles. The van der Waals surface area contributed by atoms with Crippen LogP contribution in [0.4, 0.5) is 0 Å². The van der Waals surface area contributed by atoms with E-state index in [2.05, 4.69) is 22.8 Å². The topological polar surface area (TPSA) is 73.8 Å². The lowest BCUT2D eigenvalue weighted by Gasteiger charge is -2.44. The van der Waals surface area contributed by atoms with Crippen molar-refractivity contribution in [3.8, 4) is 0 Å². The number of nitrogens with zero attached hydrogens (tertiary/aromatic N) is 2. The molecule has 6 nitrogen and oxygen atoms in total. The predicted octanol–water partition coefficient (Wildman–Crippen LogP) is 2.62. The van der Waals surface area contributed by atoms with E-state index in [4.69, 9.17) is 4.99 Å². The predicted molar refractivity (Wildman–Crippen MR) is 120 cm³/mol. The van der Waals surface area contributed by atoms with Crippen molar-refractivity contribution in [2.75, 3.05) is 26.2 Å². The van der Waals surface area contributed by atoms with Gasteiger partial charge in [-0.2, -0.15) is 4.31 Å². The van der Waals surface area contributed by atoms with Gasteiger partial charge in [-0.3, -0.25) is 4.99 Å². The molecule has 2 heterocycles. The standard InChI is InChI=1S/C23H30N4O2S/c1-18-8-9-21(19(2)16-18)30(28,29)27-14-10-23(11-15-27)22(24-12-13-26-23)25-17-20-6-4-3-5-7-20/h3-9,16,26H,10-15,17H2,1-2H3,(H,24,25). The third-order valence-electron chi connectivity index (χ3n) is 6.13. The summed E-state index contributed by atoms with van der Waals surface area (Å²) in [6.45, 7) is 7.08. The fourth-order valence-electron chi connectivity index (χ4n) is 4.45. The smallest absolute Gasteiger partial charge is 0.243 e. The zero-order valence-electron chi connectivity index (χ0n) is 17.7. The summed E-state index contributed by atoms with van der Waals surface area (Å²) in [5.74, 6) is 0.959. The van der Waals surface area contributed by atoms with Crippen LogP contribution in [0.2, 0.25) is 0 Å². The minimum absolute atomic E-state index is 0.276. The van der Waals surface area contributed by atoms with Crippen LogP contribution in [0.25, 0.3) is 0 Å². The van der Waals surface area contributed by atoms with Gasteiger partial charge in [-0.25, -0.2) is 8.42 Å². The third kappa shape index (κ3) is 4.15. The molecule has 0 radical (unpaired) electrons. The Balaban J connectivity index is 1.47. The van der Waals surface area contributed by atoms with Crippen molar-refractivity contribution >= 4 is 15.9 Å². The fourth-order valence-corrected chi connectivity index (χ4v) is 6.10. The highest BCUT2D eigenvalue weighted by Gasteiger charge is 2.43. The van der Waals surface area contributed by atoms with Crippen LogP contribution in [0.3, 0.4) is 0 Å².